The highest BCUT2D eigenvalue weighted by atomic mass is 28.3. The molecule has 0 spiro atoms. The van der Waals surface area contributed by atoms with Crippen LogP contribution in [0.4, 0.5) is 0 Å². The molecule has 0 heterocycles. The molecule has 0 saturated carbocycles. The summed E-state index contributed by atoms with van der Waals surface area (Å²) in [6.07, 6.45) is 7.06. The van der Waals surface area contributed by atoms with Crippen LogP contribution in [-0.2, 0) is 8.85 Å². The van der Waals surface area contributed by atoms with E-state index in [4.69, 9.17) is 20.3 Å². The molecule has 15 heavy (non-hydrogen) atoms. The van der Waals surface area contributed by atoms with Crippen LogP contribution in [0.2, 0.25) is 0 Å². The van der Waals surface area contributed by atoms with Crippen molar-refractivity contribution < 1.29 is 8.85 Å². The Morgan fingerprint density at radius 2 is 1.53 bits per heavy atom. The molecule has 0 aromatic rings. The minimum absolute atomic E-state index is 0.120. The fraction of sp³-hybridized carbons (Fsp3) is 1.00. The highest BCUT2D eigenvalue weighted by molar-refractivity contribution is 6.46. The summed E-state index contributed by atoms with van der Waals surface area (Å²) in [5.41, 5.74) is 11.5. The summed E-state index contributed by atoms with van der Waals surface area (Å²) in [6.45, 7) is 0.807. The van der Waals surface area contributed by atoms with E-state index in [0.29, 0.717) is 0 Å². The van der Waals surface area contributed by atoms with Crippen LogP contribution in [0.25, 0.3) is 0 Å². The summed E-state index contributed by atoms with van der Waals surface area (Å²) in [5.74, 6) is 0. The van der Waals surface area contributed by atoms with Crippen molar-refractivity contribution in [3.8, 4) is 0 Å². The molecule has 92 valence electrons. The van der Waals surface area contributed by atoms with Gasteiger partial charge in [-0.3, -0.25) is 0 Å². The highest BCUT2D eigenvalue weighted by Gasteiger charge is 2.19. The van der Waals surface area contributed by atoms with Gasteiger partial charge in [0.15, 0.2) is 0 Å². The van der Waals surface area contributed by atoms with Gasteiger partial charge in [-0.1, -0.05) is 25.7 Å². The van der Waals surface area contributed by atoms with Crippen molar-refractivity contribution in [2.45, 2.75) is 44.2 Å². The maximum atomic E-state index is 5.97. The molecular weight excluding hydrogens is 208 g/mol. The minimum Gasteiger partial charge on any atom is -0.399 e. The molecule has 4 N–H and O–H groups in total. The maximum Gasteiger partial charge on any atom is 0.338 e. The lowest BCUT2D eigenvalue weighted by atomic mass is 10.1. The van der Waals surface area contributed by atoms with E-state index < -0.39 is 9.28 Å². The number of nitrogens with two attached hydrogens (primary N) is 2. The third-order valence-electron chi connectivity index (χ3n) is 2.56. The summed E-state index contributed by atoms with van der Waals surface area (Å²) < 4.78 is 10.5. The van der Waals surface area contributed by atoms with Crippen LogP contribution < -0.4 is 11.5 Å². The van der Waals surface area contributed by atoms with Gasteiger partial charge in [0.05, 0.1) is 0 Å². The molecule has 4 nitrogen and oxygen atoms in total. The van der Waals surface area contributed by atoms with E-state index in [-0.39, 0.29) is 5.67 Å². The van der Waals surface area contributed by atoms with E-state index in [9.17, 15) is 0 Å². The van der Waals surface area contributed by atoms with Crippen LogP contribution in [-0.4, -0.2) is 35.7 Å². The van der Waals surface area contributed by atoms with Crippen molar-refractivity contribution in [3.63, 3.8) is 0 Å². The number of hydrogen-bond donors (Lipinski definition) is 2. The zero-order valence-electron chi connectivity index (χ0n) is 10.1. The van der Waals surface area contributed by atoms with Gasteiger partial charge < -0.3 is 20.3 Å². The van der Waals surface area contributed by atoms with Crippen molar-refractivity contribution in [2.75, 3.05) is 20.8 Å². The van der Waals surface area contributed by atoms with Crippen LogP contribution in [0.5, 0.6) is 0 Å². The third-order valence-corrected chi connectivity index (χ3v) is 4.52. The van der Waals surface area contributed by atoms with Crippen LogP contribution in [0, 0.1) is 0 Å². The lowest BCUT2D eigenvalue weighted by Crippen LogP contribution is -2.42. The van der Waals surface area contributed by atoms with Gasteiger partial charge in [0, 0.05) is 19.9 Å². The molecule has 0 aromatic heterocycles. The van der Waals surface area contributed by atoms with Crippen LogP contribution in [0.3, 0.4) is 0 Å². The SMILES string of the molecule is CO[SiH](OC)C(N)CCCCCCCN. The Morgan fingerprint density at radius 1 is 1.00 bits per heavy atom. The highest BCUT2D eigenvalue weighted by Crippen LogP contribution is 2.08. The summed E-state index contributed by atoms with van der Waals surface area (Å²) in [7, 11) is 1.77. The summed E-state index contributed by atoms with van der Waals surface area (Å²) in [6, 6.07) is 0. The predicted octanol–water partition coefficient (Wildman–Crippen LogP) is 0.666. The van der Waals surface area contributed by atoms with Crippen LogP contribution in [0.15, 0.2) is 0 Å². The lowest BCUT2D eigenvalue weighted by Gasteiger charge is -2.18. The van der Waals surface area contributed by atoms with Gasteiger partial charge in [-0.05, 0) is 19.4 Å². The second-order valence-corrected chi connectivity index (χ2v) is 6.38. The zero-order valence-corrected chi connectivity index (χ0v) is 11.2. The number of rotatable bonds is 10. The zero-order chi connectivity index (χ0) is 11.5. The Bertz CT molecular complexity index is 135. The molecule has 5 heteroatoms. The third kappa shape index (κ3) is 7.93. The van der Waals surface area contributed by atoms with Crippen LogP contribution in [0.1, 0.15) is 38.5 Å². The molecule has 1 atom stereocenters. The molecule has 0 aliphatic rings. The Hall–Kier alpha value is 0.0569. The lowest BCUT2D eigenvalue weighted by molar-refractivity contribution is 0.263. The Labute approximate surface area is 95.2 Å². The average Bonchev–Trinajstić information content (AvgIpc) is 2.25. The molecule has 0 saturated heterocycles. The maximum absolute atomic E-state index is 5.97. The fourth-order valence-corrected chi connectivity index (χ4v) is 3.04. The fourth-order valence-electron chi connectivity index (χ4n) is 1.64. The number of hydrogen-bond acceptors (Lipinski definition) is 4. The van der Waals surface area contributed by atoms with Crippen molar-refractivity contribution >= 4 is 9.28 Å². The standard InChI is InChI=1S/C10H26N2O2Si/c1-13-15(14-2)10(12)8-6-4-3-5-7-9-11/h10,15H,3-9,11-12H2,1-2H3. The molecule has 0 bridgehead atoms. The van der Waals surface area contributed by atoms with E-state index in [1.54, 1.807) is 14.2 Å². The average molecular weight is 234 g/mol. The van der Waals surface area contributed by atoms with Crippen molar-refractivity contribution in [3.05, 3.63) is 0 Å². The van der Waals surface area contributed by atoms with E-state index >= 15 is 0 Å². The normalized spacial score (nSPS) is 13.4. The Morgan fingerprint density at radius 3 is 2.07 bits per heavy atom. The first-order valence-corrected chi connectivity index (χ1v) is 7.38. The second-order valence-electron chi connectivity index (χ2n) is 3.85. The molecule has 0 aromatic carbocycles. The Balaban J connectivity index is 3.33. The first kappa shape index (κ1) is 15.1. The molecule has 0 amide bonds. The molecule has 0 fully saturated rings. The molecular formula is C10H26N2O2Si. The van der Waals surface area contributed by atoms with E-state index in [1.807, 2.05) is 0 Å². The Kier molecular flexibility index (Phi) is 10.6. The molecule has 0 radical (unpaired) electrons. The van der Waals surface area contributed by atoms with Gasteiger partial charge in [0.2, 0.25) is 0 Å². The molecule has 1 unspecified atom stereocenters. The molecule has 0 aliphatic carbocycles. The first-order valence-electron chi connectivity index (χ1n) is 5.77. The minimum atomic E-state index is -1.59. The second kappa shape index (κ2) is 10.6. The molecule has 0 aliphatic heterocycles. The van der Waals surface area contributed by atoms with Gasteiger partial charge in [-0.25, -0.2) is 0 Å². The van der Waals surface area contributed by atoms with Crippen molar-refractivity contribution in [1.29, 1.82) is 0 Å². The summed E-state index contributed by atoms with van der Waals surface area (Å²) in [5, 5.41) is 0. The first-order chi connectivity index (χ1) is 7.26. The predicted molar refractivity (Wildman–Crippen MR) is 65.9 cm³/mol. The van der Waals surface area contributed by atoms with Crippen molar-refractivity contribution in [1.82, 2.24) is 0 Å². The van der Waals surface area contributed by atoms with Gasteiger partial charge in [-0.2, -0.15) is 0 Å². The molecule has 0 rings (SSSR count). The summed E-state index contributed by atoms with van der Waals surface area (Å²) in [4.78, 5) is 0. The number of unbranched alkanes of at least 4 members (excludes halogenated alkanes) is 4. The van der Waals surface area contributed by atoms with E-state index in [0.717, 1.165) is 19.4 Å². The topological polar surface area (TPSA) is 70.5 Å². The largest absolute Gasteiger partial charge is 0.399 e. The van der Waals surface area contributed by atoms with Gasteiger partial charge in [-0.15, -0.1) is 0 Å². The van der Waals surface area contributed by atoms with Gasteiger partial charge in [0.1, 0.15) is 0 Å². The van der Waals surface area contributed by atoms with Gasteiger partial charge >= 0.3 is 9.28 Å². The summed E-state index contributed by atoms with van der Waals surface area (Å²) >= 11 is 0. The van der Waals surface area contributed by atoms with Crippen LogP contribution >= 0.6 is 0 Å². The van der Waals surface area contributed by atoms with Gasteiger partial charge in [0.25, 0.3) is 0 Å². The monoisotopic (exact) mass is 234 g/mol. The van der Waals surface area contributed by atoms with E-state index in [2.05, 4.69) is 0 Å². The van der Waals surface area contributed by atoms with Crippen molar-refractivity contribution in [2.24, 2.45) is 11.5 Å². The quantitative estimate of drug-likeness (QED) is 0.430. The smallest absolute Gasteiger partial charge is 0.338 e. The van der Waals surface area contributed by atoms with E-state index in [1.165, 1.54) is 25.7 Å².